The van der Waals surface area contributed by atoms with Crippen LogP contribution in [0.3, 0.4) is 0 Å². The average molecular weight is 394 g/mol. The summed E-state index contributed by atoms with van der Waals surface area (Å²) in [5.41, 5.74) is 1.14. The third-order valence-corrected chi connectivity index (χ3v) is 4.09. The SMILES string of the molecule is C[C@H](Oc1ccc(Cl)cc1Br)C(=O)N(C)c1cccc(C#N)c1. The molecule has 0 saturated carbocycles. The molecule has 0 N–H and O–H groups in total. The van der Waals surface area contributed by atoms with Gasteiger partial charge in [-0.2, -0.15) is 5.26 Å². The van der Waals surface area contributed by atoms with Crippen molar-refractivity contribution in [1.29, 1.82) is 5.26 Å². The van der Waals surface area contributed by atoms with Gasteiger partial charge in [0, 0.05) is 17.8 Å². The lowest BCUT2D eigenvalue weighted by Gasteiger charge is -2.22. The molecule has 0 spiro atoms. The van der Waals surface area contributed by atoms with E-state index in [0.717, 1.165) is 0 Å². The molecule has 0 aliphatic carbocycles. The van der Waals surface area contributed by atoms with Gasteiger partial charge in [-0.25, -0.2) is 0 Å². The fraction of sp³-hybridized carbons (Fsp3) is 0.176. The van der Waals surface area contributed by atoms with Crippen LogP contribution in [0.2, 0.25) is 5.02 Å². The molecule has 0 fully saturated rings. The van der Waals surface area contributed by atoms with Gasteiger partial charge in [0.05, 0.1) is 16.1 Å². The lowest BCUT2D eigenvalue weighted by Crippen LogP contribution is -2.38. The molecule has 0 aromatic heterocycles. The van der Waals surface area contributed by atoms with Crippen LogP contribution in [0.1, 0.15) is 12.5 Å². The van der Waals surface area contributed by atoms with Crippen molar-refractivity contribution in [1.82, 2.24) is 0 Å². The number of ether oxygens (including phenoxy) is 1. The van der Waals surface area contributed by atoms with Gasteiger partial charge in [-0.3, -0.25) is 4.79 Å². The number of benzene rings is 2. The first-order valence-corrected chi connectivity index (χ1v) is 7.99. The fourth-order valence-corrected chi connectivity index (χ4v) is 2.77. The molecule has 2 rings (SSSR count). The zero-order valence-corrected chi connectivity index (χ0v) is 14.9. The molecule has 23 heavy (non-hydrogen) atoms. The maximum absolute atomic E-state index is 12.5. The highest BCUT2D eigenvalue weighted by Gasteiger charge is 2.21. The quantitative estimate of drug-likeness (QED) is 0.773. The van der Waals surface area contributed by atoms with Crippen LogP contribution < -0.4 is 9.64 Å². The second-order valence-electron chi connectivity index (χ2n) is 4.89. The van der Waals surface area contributed by atoms with Gasteiger partial charge in [0.25, 0.3) is 5.91 Å². The molecule has 0 saturated heterocycles. The summed E-state index contributed by atoms with van der Waals surface area (Å²) in [6.45, 7) is 1.67. The molecule has 0 heterocycles. The molecular formula is C17H14BrClN2O2. The van der Waals surface area contributed by atoms with Crippen LogP contribution in [-0.4, -0.2) is 19.1 Å². The minimum atomic E-state index is -0.691. The van der Waals surface area contributed by atoms with E-state index in [1.54, 1.807) is 56.4 Å². The van der Waals surface area contributed by atoms with Crippen molar-refractivity contribution >= 4 is 39.1 Å². The van der Waals surface area contributed by atoms with Crippen molar-refractivity contribution in [2.24, 2.45) is 0 Å². The molecule has 0 bridgehead atoms. The Balaban J connectivity index is 2.13. The molecule has 0 unspecified atom stereocenters. The van der Waals surface area contributed by atoms with E-state index in [0.29, 0.717) is 26.5 Å². The first-order valence-electron chi connectivity index (χ1n) is 6.82. The van der Waals surface area contributed by atoms with E-state index in [4.69, 9.17) is 21.6 Å². The van der Waals surface area contributed by atoms with E-state index >= 15 is 0 Å². The van der Waals surface area contributed by atoms with Crippen LogP contribution in [0.4, 0.5) is 5.69 Å². The maximum Gasteiger partial charge on any atom is 0.267 e. The molecule has 4 nitrogen and oxygen atoms in total. The number of anilines is 1. The number of nitriles is 1. The summed E-state index contributed by atoms with van der Waals surface area (Å²) < 4.78 is 6.38. The molecule has 1 amide bonds. The van der Waals surface area contributed by atoms with Crippen LogP contribution in [0.15, 0.2) is 46.9 Å². The fourth-order valence-electron chi connectivity index (χ4n) is 2.00. The average Bonchev–Trinajstić information content (AvgIpc) is 2.56. The Morgan fingerprint density at radius 1 is 1.35 bits per heavy atom. The summed E-state index contributed by atoms with van der Waals surface area (Å²) in [5, 5.41) is 9.52. The van der Waals surface area contributed by atoms with Crippen molar-refractivity contribution in [2.45, 2.75) is 13.0 Å². The number of rotatable bonds is 4. The number of halogens is 2. The topological polar surface area (TPSA) is 53.3 Å². The summed E-state index contributed by atoms with van der Waals surface area (Å²) >= 11 is 9.24. The molecule has 2 aromatic rings. The van der Waals surface area contributed by atoms with Crippen LogP contribution in [-0.2, 0) is 4.79 Å². The molecule has 118 valence electrons. The lowest BCUT2D eigenvalue weighted by molar-refractivity contribution is -0.124. The summed E-state index contributed by atoms with van der Waals surface area (Å²) in [4.78, 5) is 14.0. The molecule has 0 radical (unpaired) electrons. The maximum atomic E-state index is 12.5. The number of carbonyl (C=O) groups is 1. The zero-order chi connectivity index (χ0) is 17.0. The molecule has 0 aliphatic rings. The second-order valence-corrected chi connectivity index (χ2v) is 6.18. The largest absolute Gasteiger partial charge is 0.480 e. The molecule has 1 atom stereocenters. The Labute approximate surface area is 148 Å². The molecule has 2 aromatic carbocycles. The number of nitrogens with zero attached hydrogens (tertiary/aromatic N) is 2. The number of hydrogen-bond donors (Lipinski definition) is 0. The van der Waals surface area contributed by atoms with Gasteiger partial charge < -0.3 is 9.64 Å². The van der Waals surface area contributed by atoms with E-state index in [1.165, 1.54) is 4.90 Å². The monoisotopic (exact) mass is 392 g/mol. The van der Waals surface area contributed by atoms with Gasteiger partial charge in [-0.05, 0) is 59.3 Å². The summed E-state index contributed by atoms with van der Waals surface area (Å²) in [7, 11) is 1.65. The predicted molar refractivity (Wildman–Crippen MR) is 93.8 cm³/mol. The van der Waals surface area contributed by atoms with Crippen molar-refractivity contribution in [2.75, 3.05) is 11.9 Å². The highest BCUT2D eigenvalue weighted by atomic mass is 79.9. The first-order chi connectivity index (χ1) is 10.9. The van der Waals surface area contributed by atoms with Crippen LogP contribution >= 0.6 is 27.5 Å². The Kier molecular flexibility index (Phi) is 5.64. The second kappa shape index (κ2) is 7.49. The van der Waals surface area contributed by atoms with E-state index in [-0.39, 0.29) is 5.91 Å². The van der Waals surface area contributed by atoms with Gasteiger partial charge in [0.2, 0.25) is 0 Å². The third-order valence-electron chi connectivity index (χ3n) is 3.24. The van der Waals surface area contributed by atoms with Gasteiger partial charge in [-0.15, -0.1) is 0 Å². The number of amides is 1. The zero-order valence-electron chi connectivity index (χ0n) is 12.6. The number of hydrogen-bond acceptors (Lipinski definition) is 3. The van der Waals surface area contributed by atoms with E-state index in [2.05, 4.69) is 22.0 Å². The van der Waals surface area contributed by atoms with E-state index in [1.807, 2.05) is 0 Å². The minimum absolute atomic E-state index is 0.220. The molecular weight excluding hydrogens is 380 g/mol. The van der Waals surface area contributed by atoms with Crippen LogP contribution in [0, 0.1) is 11.3 Å². The van der Waals surface area contributed by atoms with Crippen LogP contribution in [0.25, 0.3) is 0 Å². The minimum Gasteiger partial charge on any atom is -0.480 e. The summed E-state index contributed by atoms with van der Waals surface area (Å²) in [5.74, 6) is 0.316. The first kappa shape index (κ1) is 17.3. The summed E-state index contributed by atoms with van der Waals surface area (Å²) in [6.07, 6.45) is -0.691. The van der Waals surface area contributed by atoms with Crippen LogP contribution in [0.5, 0.6) is 5.75 Å². The Bertz CT molecular complexity index is 773. The molecule has 6 heteroatoms. The van der Waals surface area contributed by atoms with Crippen molar-refractivity contribution in [3.05, 3.63) is 57.5 Å². The van der Waals surface area contributed by atoms with E-state index < -0.39 is 6.10 Å². The third kappa shape index (κ3) is 4.25. The highest BCUT2D eigenvalue weighted by molar-refractivity contribution is 9.10. The van der Waals surface area contributed by atoms with Gasteiger partial charge >= 0.3 is 0 Å². The smallest absolute Gasteiger partial charge is 0.267 e. The van der Waals surface area contributed by atoms with E-state index in [9.17, 15) is 4.79 Å². The van der Waals surface area contributed by atoms with Gasteiger partial charge in [0.1, 0.15) is 5.75 Å². The number of carbonyl (C=O) groups excluding carboxylic acids is 1. The standard InChI is InChI=1S/C17H14BrClN2O2/c1-11(23-16-7-6-13(19)9-15(16)18)17(22)21(2)14-5-3-4-12(8-14)10-20/h3-9,11H,1-2H3/t11-/m0/s1. The Morgan fingerprint density at radius 2 is 2.09 bits per heavy atom. The number of likely N-dealkylation sites (N-methyl/N-ethyl adjacent to an activating group) is 1. The Morgan fingerprint density at radius 3 is 2.74 bits per heavy atom. The Hall–Kier alpha value is -2.03. The normalized spacial score (nSPS) is 11.4. The van der Waals surface area contributed by atoms with Gasteiger partial charge in [-0.1, -0.05) is 17.7 Å². The van der Waals surface area contributed by atoms with Crippen molar-refractivity contribution in [3.8, 4) is 11.8 Å². The van der Waals surface area contributed by atoms with Gasteiger partial charge in [0.15, 0.2) is 6.10 Å². The lowest BCUT2D eigenvalue weighted by atomic mass is 10.2. The van der Waals surface area contributed by atoms with Crippen molar-refractivity contribution < 1.29 is 9.53 Å². The predicted octanol–water partition coefficient (Wildman–Crippen LogP) is 4.40. The highest BCUT2D eigenvalue weighted by Crippen LogP contribution is 2.29. The van der Waals surface area contributed by atoms with Crippen molar-refractivity contribution in [3.63, 3.8) is 0 Å². The summed E-state index contributed by atoms with van der Waals surface area (Å²) in [6, 6.07) is 14.0. The molecule has 0 aliphatic heterocycles.